The number of thioether (sulfide) groups is 1. The number of amides is 1. The van der Waals surface area contributed by atoms with Crippen LogP contribution in [0.1, 0.15) is 18.5 Å². The molecule has 1 amide bonds. The predicted molar refractivity (Wildman–Crippen MR) is 88.3 cm³/mol. The minimum atomic E-state index is -0.490. The van der Waals surface area contributed by atoms with Crippen LogP contribution >= 0.6 is 27.7 Å². The van der Waals surface area contributed by atoms with Gasteiger partial charge in [0.2, 0.25) is 5.91 Å². The fourth-order valence-electron chi connectivity index (χ4n) is 2.57. The number of carbonyl (C=O) groups is 2. The van der Waals surface area contributed by atoms with E-state index in [0.717, 1.165) is 10.0 Å². The van der Waals surface area contributed by atoms with Crippen molar-refractivity contribution in [1.29, 1.82) is 0 Å². The normalized spacial score (nSPS) is 20.9. The van der Waals surface area contributed by atoms with Crippen molar-refractivity contribution in [1.82, 2.24) is 4.90 Å². The van der Waals surface area contributed by atoms with Crippen LogP contribution in [0, 0.1) is 0 Å². The maximum absolute atomic E-state index is 12.3. The van der Waals surface area contributed by atoms with Crippen molar-refractivity contribution in [3.8, 4) is 0 Å². The molecule has 1 saturated heterocycles. The van der Waals surface area contributed by atoms with Crippen molar-refractivity contribution in [2.75, 3.05) is 12.9 Å². The van der Waals surface area contributed by atoms with E-state index in [9.17, 15) is 9.59 Å². The van der Waals surface area contributed by atoms with Gasteiger partial charge < -0.3 is 4.74 Å². The third-order valence-electron chi connectivity index (χ3n) is 3.58. The second-order valence-electron chi connectivity index (χ2n) is 4.89. The Kier molecular flexibility index (Phi) is 4.10. The van der Waals surface area contributed by atoms with Gasteiger partial charge in [0.1, 0.15) is 0 Å². The van der Waals surface area contributed by atoms with Crippen LogP contribution in [-0.4, -0.2) is 34.8 Å². The minimum absolute atomic E-state index is 0.0504. The van der Waals surface area contributed by atoms with Crippen LogP contribution in [0.25, 0.3) is 0 Å². The molecule has 114 valence electrons. The maximum atomic E-state index is 12.3. The average molecular weight is 381 g/mol. The van der Waals surface area contributed by atoms with Gasteiger partial charge in [-0.2, -0.15) is 0 Å². The highest BCUT2D eigenvalue weighted by Crippen LogP contribution is 2.41. The Morgan fingerprint density at radius 1 is 1.41 bits per heavy atom. The summed E-state index contributed by atoms with van der Waals surface area (Å²) in [6.45, 7) is 1.77. The summed E-state index contributed by atoms with van der Waals surface area (Å²) in [6, 6.07) is 7.07. The highest BCUT2D eigenvalue weighted by molar-refractivity contribution is 9.10. The maximum Gasteiger partial charge on any atom is 0.338 e. The van der Waals surface area contributed by atoms with E-state index >= 15 is 0 Å². The van der Waals surface area contributed by atoms with Crippen molar-refractivity contribution in [2.24, 2.45) is 4.99 Å². The molecule has 0 aliphatic carbocycles. The van der Waals surface area contributed by atoms with Crippen molar-refractivity contribution in [2.45, 2.75) is 13.0 Å². The number of esters is 1. The largest absolute Gasteiger partial charge is 0.466 e. The van der Waals surface area contributed by atoms with E-state index in [0.29, 0.717) is 22.2 Å². The van der Waals surface area contributed by atoms with Crippen LogP contribution in [-0.2, 0) is 14.3 Å². The van der Waals surface area contributed by atoms with Gasteiger partial charge in [0.05, 0.1) is 30.2 Å². The standard InChI is InChI=1S/C15H13BrN2O3S/c1-8-12(14(20)21-2)13(9-3-5-10(16)6-4-9)18-11(19)7-22-15(18)17-8/h3-6,13H,7H2,1-2H3/t13-/m1/s1. The molecule has 3 rings (SSSR count). The van der Waals surface area contributed by atoms with Crippen molar-refractivity contribution in [3.05, 3.63) is 45.6 Å². The molecule has 0 spiro atoms. The lowest BCUT2D eigenvalue weighted by atomic mass is 9.94. The molecule has 0 aromatic heterocycles. The lowest BCUT2D eigenvalue weighted by Crippen LogP contribution is -2.39. The zero-order valence-corrected chi connectivity index (χ0v) is 14.4. The van der Waals surface area contributed by atoms with Gasteiger partial charge >= 0.3 is 5.97 Å². The van der Waals surface area contributed by atoms with E-state index < -0.39 is 12.0 Å². The molecule has 2 aliphatic heterocycles. The van der Waals surface area contributed by atoms with E-state index in [-0.39, 0.29) is 5.91 Å². The molecular weight excluding hydrogens is 368 g/mol. The van der Waals surface area contributed by atoms with Crippen LogP contribution in [0.3, 0.4) is 0 Å². The zero-order valence-electron chi connectivity index (χ0n) is 12.0. The molecular formula is C15H13BrN2O3S. The summed E-state index contributed by atoms with van der Waals surface area (Å²) in [7, 11) is 1.33. The zero-order chi connectivity index (χ0) is 15.9. The lowest BCUT2D eigenvalue weighted by Gasteiger charge is -2.32. The number of carbonyl (C=O) groups excluding carboxylic acids is 2. The summed E-state index contributed by atoms with van der Waals surface area (Å²) in [5, 5.41) is 0.642. The van der Waals surface area contributed by atoms with Gasteiger partial charge in [-0.1, -0.05) is 39.8 Å². The predicted octanol–water partition coefficient (Wildman–Crippen LogP) is 2.88. The number of halogens is 1. The Hall–Kier alpha value is -1.60. The number of hydrogen-bond acceptors (Lipinski definition) is 5. The number of ether oxygens (including phenoxy) is 1. The van der Waals surface area contributed by atoms with Crippen LogP contribution in [0.15, 0.2) is 45.0 Å². The number of aliphatic imine (C=N–C) groups is 1. The fourth-order valence-corrected chi connectivity index (χ4v) is 3.78. The van der Waals surface area contributed by atoms with Crippen LogP contribution in [0.5, 0.6) is 0 Å². The first kappa shape index (κ1) is 15.3. The number of allylic oxidation sites excluding steroid dienone is 1. The Balaban J connectivity index is 2.16. The highest BCUT2D eigenvalue weighted by Gasteiger charge is 2.43. The van der Waals surface area contributed by atoms with E-state index in [2.05, 4.69) is 20.9 Å². The molecule has 0 unspecified atom stereocenters. The Bertz CT molecular complexity index is 712. The van der Waals surface area contributed by atoms with Crippen LogP contribution < -0.4 is 0 Å². The number of nitrogens with zero attached hydrogens (tertiary/aromatic N) is 2. The lowest BCUT2D eigenvalue weighted by molar-refractivity contribution is -0.137. The molecule has 2 heterocycles. The first-order valence-electron chi connectivity index (χ1n) is 6.61. The molecule has 7 heteroatoms. The van der Waals surface area contributed by atoms with Crippen LogP contribution in [0.4, 0.5) is 0 Å². The Labute approximate surface area is 140 Å². The highest BCUT2D eigenvalue weighted by atomic mass is 79.9. The molecule has 0 N–H and O–H groups in total. The van der Waals surface area contributed by atoms with Gasteiger partial charge in [0.15, 0.2) is 5.17 Å². The first-order valence-corrected chi connectivity index (χ1v) is 8.39. The SMILES string of the molecule is COC(=O)C1=C(C)N=C2SCC(=O)N2[C@@H]1c1ccc(Br)cc1. The fraction of sp³-hybridized carbons (Fsp3) is 0.267. The molecule has 1 aromatic rings. The van der Waals surface area contributed by atoms with Crippen molar-refractivity contribution in [3.63, 3.8) is 0 Å². The van der Waals surface area contributed by atoms with Crippen LogP contribution in [0.2, 0.25) is 0 Å². The molecule has 1 aromatic carbocycles. The van der Waals surface area contributed by atoms with Gasteiger partial charge in [-0.05, 0) is 24.6 Å². The topological polar surface area (TPSA) is 59.0 Å². The average Bonchev–Trinajstić information content (AvgIpc) is 2.87. The van der Waals surface area contributed by atoms with Crippen molar-refractivity contribution < 1.29 is 14.3 Å². The Morgan fingerprint density at radius 3 is 2.73 bits per heavy atom. The molecule has 2 aliphatic rings. The summed E-state index contributed by atoms with van der Waals surface area (Å²) in [5.41, 5.74) is 1.85. The monoisotopic (exact) mass is 380 g/mol. The van der Waals surface area contributed by atoms with Gasteiger partial charge in [-0.15, -0.1) is 0 Å². The summed E-state index contributed by atoms with van der Waals surface area (Å²) < 4.78 is 5.83. The van der Waals surface area contributed by atoms with Gasteiger partial charge in [-0.3, -0.25) is 9.69 Å². The Morgan fingerprint density at radius 2 is 2.09 bits per heavy atom. The number of hydrogen-bond donors (Lipinski definition) is 0. The first-order chi connectivity index (χ1) is 10.5. The molecule has 0 radical (unpaired) electrons. The molecule has 5 nitrogen and oxygen atoms in total. The summed E-state index contributed by atoms with van der Waals surface area (Å²) in [5.74, 6) is -0.170. The molecule has 1 atom stereocenters. The number of methoxy groups -OCH3 is 1. The minimum Gasteiger partial charge on any atom is -0.466 e. The van der Waals surface area contributed by atoms with E-state index in [1.807, 2.05) is 24.3 Å². The molecule has 0 bridgehead atoms. The van der Waals surface area contributed by atoms with Gasteiger partial charge in [0.25, 0.3) is 0 Å². The summed E-state index contributed by atoms with van der Waals surface area (Å²) in [4.78, 5) is 30.5. The second-order valence-corrected chi connectivity index (χ2v) is 6.75. The summed E-state index contributed by atoms with van der Waals surface area (Å²) in [6.07, 6.45) is 0. The smallest absolute Gasteiger partial charge is 0.338 e. The van der Waals surface area contributed by atoms with E-state index in [1.165, 1.54) is 18.9 Å². The second kappa shape index (κ2) is 5.89. The van der Waals surface area contributed by atoms with E-state index in [4.69, 9.17) is 4.74 Å². The number of amidine groups is 1. The molecule has 22 heavy (non-hydrogen) atoms. The molecule has 0 saturated carbocycles. The van der Waals surface area contributed by atoms with Gasteiger partial charge in [0, 0.05) is 4.47 Å². The quantitative estimate of drug-likeness (QED) is 0.740. The third kappa shape index (κ3) is 2.48. The van der Waals surface area contributed by atoms with Gasteiger partial charge in [-0.25, -0.2) is 9.79 Å². The van der Waals surface area contributed by atoms with Crippen molar-refractivity contribution >= 4 is 44.7 Å². The third-order valence-corrected chi connectivity index (χ3v) is 5.04. The summed E-state index contributed by atoms with van der Waals surface area (Å²) >= 11 is 4.79. The molecule has 1 fully saturated rings. The van der Waals surface area contributed by atoms with E-state index in [1.54, 1.807) is 11.8 Å². The number of benzene rings is 1. The number of rotatable bonds is 2. The number of fused-ring (bicyclic) bond motifs is 1.